The van der Waals surface area contributed by atoms with Crippen LogP contribution in [-0.2, 0) is 14.6 Å². The maximum atomic E-state index is 12.5. The molecule has 2 fully saturated rings. The van der Waals surface area contributed by atoms with Crippen LogP contribution in [-0.4, -0.2) is 58.7 Å². The predicted octanol–water partition coefficient (Wildman–Crippen LogP) is 3.84. The number of ether oxygens (including phenoxy) is 1. The fourth-order valence-electron chi connectivity index (χ4n) is 4.99. The Bertz CT molecular complexity index is 1570. The number of anilines is 2. The Morgan fingerprint density at radius 2 is 1.86 bits per heavy atom. The minimum atomic E-state index is -3.21. The van der Waals surface area contributed by atoms with Crippen LogP contribution in [0.15, 0.2) is 59.5 Å². The molecule has 2 aliphatic rings. The molecule has 0 amide bonds. The SMILES string of the molecule is Nc1ncnc2nc(-c3ccc(N4CCC5(CC4)OCCS5(=O)=O)nc3)cc(-c3cccc(Br)c3)c12. The van der Waals surface area contributed by atoms with Gasteiger partial charge in [-0.2, -0.15) is 0 Å². The smallest absolute Gasteiger partial charge is 0.182 e. The van der Waals surface area contributed by atoms with E-state index in [4.69, 9.17) is 15.5 Å². The summed E-state index contributed by atoms with van der Waals surface area (Å²) in [6.07, 6.45) is 4.09. The lowest BCUT2D eigenvalue weighted by molar-refractivity contribution is 0.0284. The molecule has 36 heavy (non-hydrogen) atoms. The van der Waals surface area contributed by atoms with E-state index in [0.717, 1.165) is 32.7 Å². The van der Waals surface area contributed by atoms with Gasteiger partial charge in [0.2, 0.25) is 0 Å². The Kier molecular flexibility index (Phi) is 5.66. The van der Waals surface area contributed by atoms with E-state index in [1.165, 1.54) is 6.33 Å². The van der Waals surface area contributed by atoms with Crippen LogP contribution in [0.3, 0.4) is 0 Å². The Labute approximate surface area is 216 Å². The molecule has 2 saturated heterocycles. The van der Waals surface area contributed by atoms with E-state index in [0.29, 0.717) is 42.8 Å². The zero-order valence-corrected chi connectivity index (χ0v) is 21.7. The van der Waals surface area contributed by atoms with Crippen LogP contribution in [0.25, 0.3) is 33.4 Å². The number of piperidine rings is 1. The Balaban J connectivity index is 1.32. The van der Waals surface area contributed by atoms with Crippen molar-refractivity contribution in [1.29, 1.82) is 0 Å². The molecular weight excluding hydrogens is 544 g/mol. The number of hydrogen-bond acceptors (Lipinski definition) is 9. The van der Waals surface area contributed by atoms with Crippen molar-refractivity contribution in [2.24, 2.45) is 0 Å². The average molecular weight is 567 g/mol. The van der Waals surface area contributed by atoms with Gasteiger partial charge in [0.25, 0.3) is 0 Å². The fraction of sp³-hybridized carbons (Fsp3) is 0.280. The minimum absolute atomic E-state index is 0.108. The van der Waals surface area contributed by atoms with Gasteiger partial charge in [0.15, 0.2) is 20.4 Å². The van der Waals surface area contributed by atoms with E-state index in [9.17, 15) is 8.42 Å². The van der Waals surface area contributed by atoms with E-state index < -0.39 is 14.8 Å². The molecule has 1 spiro atoms. The monoisotopic (exact) mass is 566 g/mol. The van der Waals surface area contributed by atoms with Crippen molar-refractivity contribution < 1.29 is 13.2 Å². The fourth-order valence-corrected chi connectivity index (χ4v) is 7.13. The van der Waals surface area contributed by atoms with E-state index in [1.807, 2.05) is 42.5 Å². The summed E-state index contributed by atoms with van der Waals surface area (Å²) in [5, 5.41) is 0.704. The van der Waals surface area contributed by atoms with Crippen molar-refractivity contribution in [2.75, 3.05) is 36.1 Å². The third kappa shape index (κ3) is 3.91. The molecule has 0 radical (unpaired) electrons. The molecule has 6 rings (SSSR count). The summed E-state index contributed by atoms with van der Waals surface area (Å²) >= 11 is 3.54. The molecule has 9 nitrogen and oxygen atoms in total. The first kappa shape index (κ1) is 23.3. The zero-order valence-electron chi connectivity index (χ0n) is 19.3. The van der Waals surface area contributed by atoms with Crippen molar-refractivity contribution in [3.8, 4) is 22.4 Å². The number of rotatable bonds is 3. The molecule has 5 heterocycles. The summed E-state index contributed by atoms with van der Waals surface area (Å²) in [6.45, 7) is 1.43. The standard InChI is InChI=1S/C25H23BrN6O3S/c26-18-3-1-2-16(12-18)19-13-20(31-24-22(19)23(27)29-15-30-24)17-4-5-21(28-14-17)32-8-6-25(7-9-32)35-10-11-36(25,33)34/h1-5,12-15H,6-11H2,(H2,27,29,30,31). The highest BCUT2D eigenvalue weighted by Crippen LogP contribution is 2.38. The largest absolute Gasteiger partial charge is 0.383 e. The van der Waals surface area contributed by atoms with Crippen LogP contribution in [0, 0.1) is 0 Å². The highest BCUT2D eigenvalue weighted by atomic mass is 79.9. The maximum Gasteiger partial charge on any atom is 0.182 e. The molecule has 184 valence electrons. The van der Waals surface area contributed by atoms with Crippen LogP contribution in [0.1, 0.15) is 12.8 Å². The highest BCUT2D eigenvalue weighted by molar-refractivity contribution is 9.10. The lowest BCUT2D eigenvalue weighted by atomic mass is 10.0. The first-order valence-electron chi connectivity index (χ1n) is 11.6. The molecule has 0 aliphatic carbocycles. The molecule has 2 aliphatic heterocycles. The van der Waals surface area contributed by atoms with Crippen molar-refractivity contribution >= 4 is 48.4 Å². The average Bonchev–Trinajstić information content (AvgIpc) is 3.17. The number of benzene rings is 1. The number of nitrogens with zero attached hydrogens (tertiary/aromatic N) is 5. The van der Waals surface area contributed by atoms with E-state index in [2.05, 4.69) is 35.8 Å². The van der Waals surface area contributed by atoms with Gasteiger partial charge in [0.05, 0.1) is 23.4 Å². The Morgan fingerprint density at radius 3 is 2.56 bits per heavy atom. The second-order valence-electron chi connectivity index (χ2n) is 8.99. The van der Waals surface area contributed by atoms with Crippen molar-refractivity contribution in [3.63, 3.8) is 0 Å². The summed E-state index contributed by atoms with van der Waals surface area (Å²) < 4.78 is 31.6. The van der Waals surface area contributed by atoms with Gasteiger partial charge in [-0.25, -0.2) is 28.4 Å². The first-order chi connectivity index (χ1) is 17.4. The maximum absolute atomic E-state index is 12.5. The van der Waals surface area contributed by atoms with Gasteiger partial charge in [0, 0.05) is 42.2 Å². The number of pyridine rings is 2. The summed E-state index contributed by atoms with van der Waals surface area (Å²) in [4.78, 5) is 19.0. The van der Waals surface area contributed by atoms with Gasteiger partial charge in [-0.1, -0.05) is 28.1 Å². The summed E-state index contributed by atoms with van der Waals surface area (Å²) in [7, 11) is -3.21. The van der Waals surface area contributed by atoms with E-state index >= 15 is 0 Å². The van der Waals surface area contributed by atoms with Crippen LogP contribution in [0.5, 0.6) is 0 Å². The van der Waals surface area contributed by atoms with Crippen molar-refractivity contribution in [2.45, 2.75) is 17.8 Å². The topological polar surface area (TPSA) is 124 Å². The molecular formula is C25H23BrN6O3S. The molecule has 0 saturated carbocycles. The minimum Gasteiger partial charge on any atom is -0.383 e. The van der Waals surface area contributed by atoms with Crippen molar-refractivity contribution in [3.05, 3.63) is 59.5 Å². The molecule has 0 atom stereocenters. The van der Waals surface area contributed by atoms with Gasteiger partial charge in [-0.3, -0.25) is 0 Å². The number of aromatic nitrogens is 4. The quantitative estimate of drug-likeness (QED) is 0.393. The van der Waals surface area contributed by atoms with Crippen LogP contribution in [0.4, 0.5) is 11.6 Å². The normalized spacial score (nSPS) is 18.6. The van der Waals surface area contributed by atoms with Gasteiger partial charge in [0.1, 0.15) is 18.0 Å². The number of sulfone groups is 1. The van der Waals surface area contributed by atoms with Crippen LogP contribution in [0.2, 0.25) is 0 Å². The van der Waals surface area contributed by atoms with Crippen LogP contribution >= 0.6 is 15.9 Å². The lowest BCUT2D eigenvalue weighted by Gasteiger charge is -2.38. The number of nitrogen functional groups attached to an aromatic ring is 1. The third-order valence-corrected chi connectivity index (χ3v) is 9.80. The van der Waals surface area contributed by atoms with Gasteiger partial charge in [-0.15, -0.1) is 0 Å². The number of halogens is 1. The highest BCUT2D eigenvalue weighted by Gasteiger charge is 2.50. The van der Waals surface area contributed by atoms with Gasteiger partial charge < -0.3 is 15.4 Å². The molecule has 1 aromatic carbocycles. The molecule has 4 aromatic rings. The van der Waals surface area contributed by atoms with E-state index in [-0.39, 0.29) is 12.4 Å². The molecule has 3 aromatic heterocycles. The molecule has 0 unspecified atom stereocenters. The molecule has 0 bridgehead atoms. The van der Waals surface area contributed by atoms with E-state index in [1.54, 1.807) is 6.20 Å². The Hall–Kier alpha value is -3.15. The van der Waals surface area contributed by atoms with Crippen molar-refractivity contribution in [1.82, 2.24) is 19.9 Å². The number of nitrogens with two attached hydrogens (primary N) is 1. The number of fused-ring (bicyclic) bond motifs is 1. The lowest BCUT2D eigenvalue weighted by Crippen LogP contribution is -2.48. The molecule has 2 N–H and O–H groups in total. The second kappa shape index (κ2) is 8.75. The third-order valence-electron chi connectivity index (χ3n) is 6.95. The Morgan fingerprint density at radius 1 is 1.03 bits per heavy atom. The summed E-state index contributed by atoms with van der Waals surface area (Å²) in [5.41, 5.74) is 10.1. The predicted molar refractivity (Wildman–Crippen MR) is 142 cm³/mol. The van der Waals surface area contributed by atoms with Gasteiger partial charge in [-0.05, 0) is 41.5 Å². The number of hydrogen-bond donors (Lipinski definition) is 1. The second-order valence-corrected chi connectivity index (χ2v) is 12.3. The molecule has 11 heteroatoms. The summed E-state index contributed by atoms with van der Waals surface area (Å²) in [5.74, 6) is 1.28. The zero-order chi connectivity index (χ0) is 24.9. The summed E-state index contributed by atoms with van der Waals surface area (Å²) in [6, 6.07) is 13.8. The van der Waals surface area contributed by atoms with Crippen LogP contribution < -0.4 is 10.6 Å². The van der Waals surface area contributed by atoms with Gasteiger partial charge >= 0.3 is 0 Å². The first-order valence-corrected chi connectivity index (χ1v) is 14.0.